The van der Waals surface area contributed by atoms with E-state index in [1.807, 2.05) is 18.5 Å². The number of nitrogens with zero attached hydrogens (tertiary/aromatic N) is 1. The molecule has 0 aromatic carbocycles. The molecule has 1 aromatic rings. The standard InChI is InChI=1S/C14H22N2/c1-12(14-7-3-2-4-8-14)16-11-13-6-5-9-15-10-13/h5-6,9-10,12,14,16H,2-4,7-8,11H2,1H3/t12-/m0/s1. The lowest BCUT2D eigenvalue weighted by atomic mass is 9.84. The zero-order valence-electron chi connectivity index (χ0n) is 10.2. The third-order valence-electron chi connectivity index (χ3n) is 3.71. The van der Waals surface area contributed by atoms with Gasteiger partial charge in [-0.15, -0.1) is 0 Å². The quantitative estimate of drug-likeness (QED) is 0.839. The Kier molecular flexibility index (Phi) is 4.34. The average Bonchev–Trinajstić information content (AvgIpc) is 2.38. The molecular weight excluding hydrogens is 196 g/mol. The third kappa shape index (κ3) is 3.31. The van der Waals surface area contributed by atoms with Crippen LogP contribution >= 0.6 is 0 Å². The molecule has 1 heterocycles. The van der Waals surface area contributed by atoms with Crippen LogP contribution in [0.1, 0.15) is 44.6 Å². The predicted molar refractivity (Wildman–Crippen MR) is 67.1 cm³/mol. The number of hydrogen-bond donors (Lipinski definition) is 1. The summed E-state index contributed by atoms with van der Waals surface area (Å²) in [6.45, 7) is 3.28. The van der Waals surface area contributed by atoms with Crippen molar-refractivity contribution < 1.29 is 0 Å². The van der Waals surface area contributed by atoms with Crippen LogP contribution in [0.4, 0.5) is 0 Å². The van der Waals surface area contributed by atoms with Gasteiger partial charge >= 0.3 is 0 Å². The third-order valence-corrected chi connectivity index (χ3v) is 3.71. The lowest BCUT2D eigenvalue weighted by Crippen LogP contribution is -2.34. The molecule has 0 spiro atoms. The van der Waals surface area contributed by atoms with Crippen molar-refractivity contribution in [2.24, 2.45) is 5.92 Å². The fraction of sp³-hybridized carbons (Fsp3) is 0.643. The fourth-order valence-corrected chi connectivity index (χ4v) is 2.58. The van der Waals surface area contributed by atoms with Gasteiger partial charge in [-0.2, -0.15) is 0 Å². The number of hydrogen-bond acceptors (Lipinski definition) is 2. The second-order valence-electron chi connectivity index (χ2n) is 4.93. The van der Waals surface area contributed by atoms with E-state index in [1.165, 1.54) is 37.7 Å². The van der Waals surface area contributed by atoms with Crippen LogP contribution in [0.2, 0.25) is 0 Å². The molecule has 88 valence electrons. The summed E-state index contributed by atoms with van der Waals surface area (Å²) < 4.78 is 0. The topological polar surface area (TPSA) is 24.9 Å². The lowest BCUT2D eigenvalue weighted by Gasteiger charge is -2.28. The smallest absolute Gasteiger partial charge is 0.0312 e. The summed E-state index contributed by atoms with van der Waals surface area (Å²) in [5.74, 6) is 0.880. The number of aromatic nitrogens is 1. The minimum atomic E-state index is 0.639. The number of rotatable bonds is 4. The number of pyridine rings is 1. The summed E-state index contributed by atoms with van der Waals surface area (Å²) in [4.78, 5) is 4.14. The van der Waals surface area contributed by atoms with E-state index >= 15 is 0 Å². The Morgan fingerprint density at radius 1 is 1.38 bits per heavy atom. The summed E-state index contributed by atoms with van der Waals surface area (Å²) in [7, 11) is 0. The zero-order chi connectivity index (χ0) is 11.2. The van der Waals surface area contributed by atoms with Crippen molar-refractivity contribution in [1.82, 2.24) is 10.3 Å². The first kappa shape index (κ1) is 11.6. The molecule has 0 radical (unpaired) electrons. The van der Waals surface area contributed by atoms with E-state index < -0.39 is 0 Å². The minimum absolute atomic E-state index is 0.639. The number of nitrogens with one attached hydrogen (secondary N) is 1. The summed E-state index contributed by atoms with van der Waals surface area (Å²) in [6, 6.07) is 4.77. The van der Waals surface area contributed by atoms with E-state index in [1.54, 1.807) is 0 Å². The van der Waals surface area contributed by atoms with Crippen molar-refractivity contribution in [3.05, 3.63) is 30.1 Å². The molecular formula is C14H22N2. The van der Waals surface area contributed by atoms with Crippen LogP contribution in [0, 0.1) is 5.92 Å². The van der Waals surface area contributed by atoms with Gasteiger partial charge in [0.15, 0.2) is 0 Å². The molecule has 1 aliphatic carbocycles. The molecule has 1 N–H and O–H groups in total. The van der Waals surface area contributed by atoms with Crippen LogP contribution in [0.3, 0.4) is 0 Å². The van der Waals surface area contributed by atoms with Gasteiger partial charge in [0.05, 0.1) is 0 Å². The van der Waals surface area contributed by atoms with E-state index in [4.69, 9.17) is 0 Å². The predicted octanol–water partition coefficient (Wildman–Crippen LogP) is 3.14. The van der Waals surface area contributed by atoms with Gasteiger partial charge in [-0.3, -0.25) is 4.98 Å². The first-order valence-corrected chi connectivity index (χ1v) is 6.48. The van der Waals surface area contributed by atoms with Crippen LogP contribution < -0.4 is 5.32 Å². The van der Waals surface area contributed by atoms with Crippen LogP contribution in [0.5, 0.6) is 0 Å². The molecule has 0 saturated heterocycles. The monoisotopic (exact) mass is 218 g/mol. The Bertz CT molecular complexity index is 291. The Hall–Kier alpha value is -0.890. The van der Waals surface area contributed by atoms with Gasteiger partial charge in [-0.25, -0.2) is 0 Å². The summed E-state index contributed by atoms with van der Waals surface area (Å²) in [5.41, 5.74) is 1.28. The maximum Gasteiger partial charge on any atom is 0.0312 e. The highest BCUT2D eigenvalue weighted by molar-refractivity contribution is 5.08. The van der Waals surface area contributed by atoms with E-state index in [0.717, 1.165) is 12.5 Å². The molecule has 2 rings (SSSR count). The fourth-order valence-electron chi connectivity index (χ4n) is 2.58. The highest BCUT2D eigenvalue weighted by Crippen LogP contribution is 2.26. The van der Waals surface area contributed by atoms with E-state index in [0.29, 0.717) is 6.04 Å². The molecule has 1 fully saturated rings. The molecule has 0 amide bonds. The van der Waals surface area contributed by atoms with Crippen molar-refractivity contribution in [3.8, 4) is 0 Å². The van der Waals surface area contributed by atoms with Gasteiger partial charge in [0.2, 0.25) is 0 Å². The van der Waals surface area contributed by atoms with Gasteiger partial charge in [0, 0.05) is 25.0 Å². The first-order chi connectivity index (χ1) is 7.86. The van der Waals surface area contributed by atoms with Crippen LogP contribution in [-0.4, -0.2) is 11.0 Å². The largest absolute Gasteiger partial charge is 0.310 e. The van der Waals surface area contributed by atoms with Crippen LogP contribution in [0.25, 0.3) is 0 Å². The molecule has 1 aliphatic rings. The Balaban J connectivity index is 1.76. The van der Waals surface area contributed by atoms with Gasteiger partial charge in [-0.05, 0) is 37.3 Å². The minimum Gasteiger partial charge on any atom is -0.310 e. The molecule has 1 aromatic heterocycles. The molecule has 16 heavy (non-hydrogen) atoms. The molecule has 2 nitrogen and oxygen atoms in total. The van der Waals surface area contributed by atoms with Crippen molar-refractivity contribution in [1.29, 1.82) is 0 Å². The molecule has 0 unspecified atom stereocenters. The van der Waals surface area contributed by atoms with Crippen molar-refractivity contribution >= 4 is 0 Å². The second kappa shape index (κ2) is 6.00. The Labute approximate surface area is 98.5 Å². The molecule has 1 saturated carbocycles. The second-order valence-corrected chi connectivity index (χ2v) is 4.93. The maximum atomic E-state index is 4.14. The summed E-state index contributed by atoms with van der Waals surface area (Å²) >= 11 is 0. The highest BCUT2D eigenvalue weighted by Gasteiger charge is 2.19. The molecule has 0 bridgehead atoms. The molecule has 0 aliphatic heterocycles. The molecule has 2 heteroatoms. The van der Waals surface area contributed by atoms with Gasteiger partial charge in [-0.1, -0.05) is 25.3 Å². The zero-order valence-corrected chi connectivity index (χ0v) is 10.2. The average molecular weight is 218 g/mol. The highest BCUT2D eigenvalue weighted by atomic mass is 14.9. The van der Waals surface area contributed by atoms with Crippen LogP contribution in [0.15, 0.2) is 24.5 Å². The summed E-state index contributed by atoms with van der Waals surface area (Å²) in [5, 5.41) is 3.63. The van der Waals surface area contributed by atoms with Gasteiger partial charge in [0.25, 0.3) is 0 Å². The van der Waals surface area contributed by atoms with Gasteiger partial charge in [0.1, 0.15) is 0 Å². The SMILES string of the molecule is C[C@H](NCc1cccnc1)C1CCCCC1. The summed E-state index contributed by atoms with van der Waals surface area (Å²) in [6.07, 6.45) is 10.9. The van der Waals surface area contributed by atoms with Crippen LogP contribution in [-0.2, 0) is 6.54 Å². The van der Waals surface area contributed by atoms with E-state index in [-0.39, 0.29) is 0 Å². The van der Waals surface area contributed by atoms with E-state index in [9.17, 15) is 0 Å². The van der Waals surface area contributed by atoms with Crippen molar-refractivity contribution in [3.63, 3.8) is 0 Å². The van der Waals surface area contributed by atoms with Crippen molar-refractivity contribution in [2.45, 2.75) is 51.6 Å². The lowest BCUT2D eigenvalue weighted by molar-refractivity contribution is 0.280. The van der Waals surface area contributed by atoms with E-state index in [2.05, 4.69) is 23.3 Å². The Morgan fingerprint density at radius 2 is 2.19 bits per heavy atom. The first-order valence-electron chi connectivity index (χ1n) is 6.48. The maximum absolute atomic E-state index is 4.14. The molecule has 1 atom stereocenters. The Morgan fingerprint density at radius 3 is 2.88 bits per heavy atom. The normalized spacial score (nSPS) is 19.6. The van der Waals surface area contributed by atoms with Gasteiger partial charge < -0.3 is 5.32 Å². The van der Waals surface area contributed by atoms with Crippen molar-refractivity contribution in [2.75, 3.05) is 0 Å².